The van der Waals surface area contributed by atoms with Gasteiger partial charge in [-0.1, -0.05) is 0 Å². The lowest BCUT2D eigenvalue weighted by Crippen LogP contribution is -2.11. The van der Waals surface area contributed by atoms with Crippen LogP contribution < -0.4 is 16.8 Å². The molecule has 0 spiro atoms. The number of hydrogen-bond acceptors (Lipinski definition) is 5. The quantitative estimate of drug-likeness (QED) is 0.532. The summed E-state index contributed by atoms with van der Waals surface area (Å²) in [7, 11) is 0. The molecule has 5 N–H and O–H groups in total. The Morgan fingerprint density at radius 3 is 2.81 bits per heavy atom. The largest absolute Gasteiger partial charge is 0.383 e. The minimum absolute atomic E-state index is 0.275. The third-order valence-electron chi connectivity index (χ3n) is 1.85. The molecule has 0 bridgehead atoms. The van der Waals surface area contributed by atoms with Crippen LogP contribution in [0.5, 0.6) is 0 Å². The van der Waals surface area contributed by atoms with Crippen LogP contribution in [0, 0.1) is 0 Å². The topological polar surface area (TPSA) is 107 Å². The van der Waals surface area contributed by atoms with E-state index in [2.05, 4.69) is 31.2 Å². The van der Waals surface area contributed by atoms with E-state index in [-0.39, 0.29) is 5.91 Å². The molecule has 0 saturated heterocycles. The molecule has 88 valence electrons. The van der Waals surface area contributed by atoms with E-state index in [1.807, 2.05) is 0 Å². The summed E-state index contributed by atoms with van der Waals surface area (Å²) in [5, 5.41) is 3.02. The number of primary amides is 1. The zero-order valence-corrected chi connectivity index (χ0v) is 10.3. The van der Waals surface area contributed by atoms with Crippen LogP contribution in [0.25, 0.3) is 0 Å². The number of nitrogen functional groups attached to an aromatic ring is 1. The maximum Gasteiger partial charge on any atom is 0.225 e. The Morgan fingerprint density at radius 1 is 1.44 bits per heavy atom. The predicted molar refractivity (Wildman–Crippen MR) is 65.7 cm³/mol. The number of unbranched alkanes of at least 4 members (excludes halogenated alkanes) is 1. The Bertz CT molecular complexity index is 351. The van der Waals surface area contributed by atoms with Crippen LogP contribution in [-0.4, -0.2) is 22.4 Å². The number of halogens is 1. The fraction of sp³-hybridized carbons (Fsp3) is 0.444. The standard InChI is InChI=1S/C9H14BrN5O/c10-6-5-7(11)15-9(14-6)13-4-2-1-3-8(12)16/h5H,1-4H2,(H2,12,16)(H3,11,13,14,15). The number of hydrogen-bond donors (Lipinski definition) is 3. The van der Waals surface area contributed by atoms with Crippen LogP contribution in [0.15, 0.2) is 10.7 Å². The zero-order chi connectivity index (χ0) is 12.0. The first-order valence-corrected chi connectivity index (χ1v) is 5.69. The number of nitrogens with one attached hydrogen (secondary N) is 1. The molecular formula is C9H14BrN5O. The van der Waals surface area contributed by atoms with Gasteiger partial charge in [0.15, 0.2) is 0 Å². The number of carbonyl (C=O) groups is 1. The van der Waals surface area contributed by atoms with E-state index in [1.165, 1.54) is 0 Å². The van der Waals surface area contributed by atoms with E-state index >= 15 is 0 Å². The number of rotatable bonds is 6. The lowest BCUT2D eigenvalue weighted by molar-refractivity contribution is -0.118. The summed E-state index contributed by atoms with van der Waals surface area (Å²) >= 11 is 3.22. The number of aromatic nitrogens is 2. The van der Waals surface area contributed by atoms with Crippen molar-refractivity contribution in [2.75, 3.05) is 17.6 Å². The Hall–Kier alpha value is -1.37. The molecule has 6 nitrogen and oxygen atoms in total. The summed E-state index contributed by atoms with van der Waals surface area (Å²) in [6.07, 6.45) is 1.99. The molecule has 0 radical (unpaired) electrons. The van der Waals surface area contributed by atoms with Gasteiger partial charge >= 0.3 is 0 Å². The average molecular weight is 288 g/mol. The Labute approximate surface area is 102 Å². The van der Waals surface area contributed by atoms with Gasteiger partial charge in [0, 0.05) is 19.0 Å². The second-order valence-corrected chi connectivity index (χ2v) is 4.10. The average Bonchev–Trinajstić information content (AvgIpc) is 2.15. The lowest BCUT2D eigenvalue weighted by atomic mass is 10.2. The second kappa shape index (κ2) is 6.26. The highest BCUT2D eigenvalue weighted by Crippen LogP contribution is 2.12. The maximum absolute atomic E-state index is 10.5. The summed E-state index contributed by atoms with van der Waals surface area (Å²) < 4.78 is 0.639. The monoisotopic (exact) mass is 287 g/mol. The van der Waals surface area contributed by atoms with E-state index in [0.29, 0.717) is 29.3 Å². The highest BCUT2D eigenvalue weighted by Gasteiger charge is 2.00. The fourth-order valence-electron chi connectivity index (χ4n) is 1.14. The zero-order valence-electron chi connectivity index (χ0n) is 8.74. The highest BCUT2D eigenvalue weighted by atomic mass is 79.9. The van der Waals surface area contributed by atoms with E-state index < -0.39 is 0 Å². The fourth-order valence-corrected chi connectivity index (χ4v) is 1.54. The molecule has 1 aromatic rings. The summed E-state index contributed by atoms with van der Waals surface area (Å²) in [4.78, 5) is 18.6. The van der Waals surface area contributed by atoms with Crippen LogP contribution in [0.3, 0.4) is 0 Å². The lowest BCUT2D eigenvalue weighted by Gasteiger charge is -2.05. The molecule has 0 fully saturated rings. The molecule has 0 aliphatic rings. The van der Waals surface area contributed by atoms with E-state index in [9.17, 15) is 4.79 Å². The molecule has 0 unspecified atom stereocenters. The van der Waals surface area contributed by atoms with Crippen LogP contribution >= 0.6 is 15.9 Å². The van der Waals surface area contributed by atoms with Gasteiger partial charge in [0.25, 0.3) is 0 Å². The van der Waals surface area contributed by atoms with Crippen LogP contribution in [0.2, 0.25) is 0 Å². The molecule has 0 atom stereocenters. The molecule has 1 amide bonds. The molecule has 16 heavy (non-hydrogen) atoms. The van der Waals surface area contributed by atoms with Gasteiger partial charge < -0.3 is 16.8 Å². The van der Waals surface area contributed by atoms with E-state index in [0.717, 1.165) is 12.8 Å². The molecule has 0 aromatic carbocycles. The van der Waals surface area contributed by atoms with Gasteiger partial charge in [0.2, 0.25) is 11.9 Å². The molecule has 1 heterocycles. The van der Waals surface area contributed by atoms with Crippen molar-refractivity contribution in [1.82, 2.24) is 9.97 Å². The van der Waals surface area contributed by atoms with Gasteiger partial charge in [-0.3, -0.25) is 4.79 Å². The number of amides is 1. The van der Waals surface area contributed by atoms with Crippen LogP contribution in [0.4, 0.5) is 11.8 Å². The van der Waals surface area contributed by atoms with Gasteiger partial charge in [-0.25, -0.2) is 4.98 Å². The molecule has 0 aliphatic heterocycles. The third-order valence-corrected chi connectivity index (χ3v) is 2.25. The first kappa shape index (κ1) is 12.7. The van der Waals surface area contributed by atoms with Gasteiger partial charge in [-0.2, -0.15) is 4.98 Å². The number of nitrogens with zero attached hydrogens (tertiary/aromatic N) is 2. The summed E-state index contributed by atoms with van der Waals surface area (Å²) in [5.74, 6) is 0.607. The summed E-state index contributed by atoms with van der Waals surface area (Å²) in [5.41, 5.74) is 10.6. The van der Waals surface area contributed by atoms with Crippen molar-refractivity contribution in [2.24, 2.45) is 5.73 Å². The van der Waals surface area contributed by atoms with Gasteiger partial charge in [-0.15, -0.1) is 0 Å². The normalized spacial score (nSPS) is 10.1. The maximum atomic E-state index is 10.5. The van der Waals surface area contributed by atoms with Crippen LogP contribution in [0.1, 0.15) is 19.3 Å². The smallest absolute Gasteiger partial charge is 0.225 e. The first-order chi connectivity index (χ1) is 7.58. The van der Waals surface area contributed by atoms with Gasteiger partial charge in [0.05, 0.1) is 0 Å². The van der Waals surface area contributed by atoms with E-state index in [4.69, 9.17) is 11.5 Å². The number of carbonyl (C=O) groups excluding carboxylic acids is 1. The van der Waals surface area contributed by atoms with Crippen molar-refractivity contribution in [3.63, 3.8) is 0 Å². The summed E-state index contributed by atoms with van der Waals surface area (Å²) in [6.45, 7) is 0.684. The Kier molecular flexibility index (Phi) is 4.97. The Morgan fingerprint density at radius 2 is 2.19 bits per heavy atom. The first-order valence-electron chi connectivity index (χ1n) is 4.90. The van der Waals surface area contributed by atoms with Crippen LogP contribution in [-0.2, 0) is 4.79 Å². The minimum Gasteiger partial charge on any atom is -0.383 e. The third kappa shape index (κ3) is 4.92. The molecule has 1 aromatic heterocycles. The van der Waals surface area contributed by atoms with Crippen molar-refractivity contribution in [1.29, 1.82) is 0 Å². The van der Waals surface area contributed by atoms with Gasteiger partial charge in [-0.05, 0) is 28.8 Å². The van der Waals surface area contributed by atoms with Crippen molar-refractivity contribution >= 4 is 33.6 Å². The number of nitrogens with two attached hydrogens (primary N) is 2. The predicted octanol–water partition coefficient (Wildman–Crippen LogP) is 0.889. The highest BCUT2D eigenvalue weighted by molar-refractivity contribution is 9.10. The van der Waals surface area contributed by atoms with Crippen molar-refractivity contribution in [3.8, 4) is 0 Å². The Balaban J connectivity index is 2.29. The number of anilines is 2. The molecule has 7 heteroatoms. The van der Waals surface area contributed by atoms with Gasteiger partial charge in [0.1, 0.15) is 10.4 Å². The summed E-state index contributed by atoms with van der Waals surface area (Å²) in [6, 6.07) is 1.62. The van der Waals surface area contributed by atoms with E-state index in [1.54, 1.807) is 6.07 Å². The molecule has 1 rings (SSSR count). The molecular weight excluding hydrogens is 274 g/mol. The van der Waals surface area contributed by atoms with Crippen molar-refractivity contribution < 1.29 is 4.79 Å². The molecule has 0 saturated carbocycles. The molecule has 0 aliphatic carbocycles. The van der Waals surface area contributed by atoms with Crippen molar-refractivity contribution in [2.45, 2.75) is 19.3 Å². The SMILES string of the molecule is NC(=O)CCCCNc1nc(N)cc(Br)n1. The van der Waals surface area contributed by atoms with Crippen molar-refractivity contribution in [3.05, 3.63) is 10.7 Å². The second-order valence-electron chi connectivity index (χ2n) is 3.29. The minimum atomic E-state index is -0.275.